The average Bonchev–Trinajstić information content (AvgIpc) is 3.04. The number of nitrogens with zero attached hydrogens (tertiary/aromatic N) is 1. The summed E-state index contributed by atoms with van der Waals surface area (Å²) in [5.74, 6) is 0.0886. The minimum atomic E-state index is -3.18. The Morgan fingerprint density at radius 3 is 2.57 bits per heavy atom. The number of rotatable bonds is 7. The zero-order valence-corrected chi connectivity index (χ0v) is 16.3. The molecule has 1 aliphatic heterocycles. The van der Waals surface area contributed by atoms with Crippen molar-refractivity contribution >= 4 is 15.7 Å². The van der Waals surface area contributed by atoms with Gasteiger partial charge in [0.2, 0.25) is 0 Å². The molecule has 0 saturated carbocycles. The highest BCUT2D eigenvalue weighted by Gasteiger charge is 2.35. The second-order valence-electron chi connectivity index (χ2n) is 6.65. The molecule has 6 nitrogen and oxygen atoms in total. The maximum atomic E-state index is 13.5. The maximum absolute atomic E-state index is 13.5. The van der Waals surface area contributed by atoms with Crippen molar-refractivity contribution in [3.8, 4) is 11.5 Å². The highest BCUT2D eigenvalue weighted by molar-refractivity contribution is 7.91. The molecule has 1 fully saturated rings. The van der Waals surface area contributed by atoms with Crippen LogP contribution in [0, 0.1) is 5.82 Å². The van der Waals surface area contributed by atoms with Crippen LogP contribution in [0.4, 0.5) is 4.39 Å². The van der Waals surface area contributed by atoms with Crippen molar-refractivity contribution in [2.75, 3.05) is 25.2 Å². The highest BCUT2D eigenvalue weighted by Crippen LogP contribution is 2.26. The standard InChI is InChI=1S/C20H22FNO5S/c1-26-18-7-2-3-8-19(18)27-13-20(23)22(17-9-10-28(24,25)14-17)12-15-5-4-6-16(21)11-15/h2-8,11,17H,9-10,12-14H2,1H3. The first-order valence-corrected chi connectivity index (χ1v) is 10.7. The molecule has 8 heteroatoms. The molecule has 0 aromatic heterocycles. The number of carbonyl (C=O) groups is 1. The minimum absolute atomic E-state index is 0.0396. The van der Waals surface area contributed by atoms with Gasteiger partial charge in [-0.1, -0.05) is 24.3 Å². The van der Waals surface area contributed by atoms with Crippen LogP contribution in [0.3, 0.4) is 0 Å². The lowest BCUT2D eigenvalue weighted by atomic mass is 10.1. The van der Waals surface area contributed by atoms with Crippen molar-refractivity contribution in [2.45, 2.75) is 19.0 Å². The van der Waals surface area contributed by atoms with Crippen LogP contribution in [0.1, 0.15) is 12.0 Å². The van der Waals surface area contributed by atoms with Gasteiger partial charge in [-0.15, -0.1) is 0 Å². The van der Waals surface area contributed by atoms with Gasteiger partial charge in [0.1, 0.15) is 5.82 Å². The third-order valence-electron chi connectivity index (χ3n) is 4.63. The number of carbonyl (C=O) groups excluding carboxylic acids is 1. The van der Waals surface area contributed by atoms with E-state index in [2.05, 4.69) is 0 Å². The Balaban J connectivity index is 1.76. The Bertz CT molecular complexity index is 947. The zero-order valence-electron chi connectivity index (χ0n) is 15.5. The third kappa shape index (κ3) is 5.01. The van der Waals surface area contributed by atoms with Gasteiger partial charge in [-0.2, -0.15) is 0 Å². The van der Waals surface area contributed by atoms with E-state index in [4.69, 9.17) is 9.47 Å². The number of benzene rings is 2. The summed E-state index contributed by atoms with van der Waals surface area (Å²) in [4.78, 5) is 14.3. The topological polar surface area (TPSA) is 72.9 Å². The summed E-state index contributed by atoms with van der Waals surface area (Å²) in [7, 11) is -1.68. The van der Waals surface area contributed by atoms with Crippen molar-refractivity contribution in [3.05, 3.63) is 59.9 Å². The van der Waals surface area contributed by atoms with Crippen LogP contribution < -0.4 is 9.47 Å². The van der Waals surface area contributed by atoms with Gasteiger partial charge in [-0.3, -0.25) is 4.79 Å². The van der Waals surface area contributed by atoms with Crippen molar-refractivity contribution in [3.63, 3.8) is 0 Å². The fourth-order valence-corrected chi connectivity index (χ4v) is 4.97. The lowest BCUT2D eigenvalue weighted by molar-refractivity contribution is -0.136. The number of hydrogen-bond donors (Lipinski definition) is 0. The van der Waals surface area contributed by atoms with Crippen molar-refractivity contribution in [1.29, 1.82) is 0 Å². The Morgan fingerprint density at radius 1 is 1.18 bits per heavy atom. The molecule has 3 rings (SSSR count). The summed E-state index contributed by atoms with van der Waals surface area (Å²) in [6.07, 6.45) is 0.359. The molecule has 1 amide bonds. The maximum Gasteiger partial charge on any atom is 0.261 e. The number of amides is 1. The molecule has 2 aromatic rings. The predicted octanol–water partition coefficient (Wildman–Crippen LogP) is 2.43. The van der Waals surface area contributed by atoms with E-state index in [0.29, 0.717) is 23.5 Å². The smallest absolute Gasteiger partial charge is 0.261 e. The van der Waals surface area contributed by atoms with Crippen LogP contribution >= 0.6 is 0 Å². The molecule has 2 aromatic carbocycles. The van der Waals surface area contributed by atoms with Crippen LogP contribution in [0.15, 0.2) is 48.5 Å². The van der Waals surface area contributed by atoms with Gasteiger partial charge in [0.25, 0.3) is 5.91 Å². The summed E-state index contributed by atoms with van der Waals surface area (Å²) in [6, 6.07) is 12.4. The highest BCUT2D eigenvalue weighted by atomic mass is 32.2. The van der Waals surface area contributed by atoms with Gasteiger partial charge in [0.15, 0.2) is 27.9 Å². The number of halogens is 1. The average molecular weight is 407 g/mol. The van der Waals surface area contributed by atoms with E-state index < -0.39 is 21.7 Å². The molecule has 1 heterocycles. The first kappa shape index (κ1) is 20.1. The molecule has 28 heavy (non-hydrogen) atoms. The van der Waals surface area contributed by atoms with Gasteiger partial charge in [0, 0.05) is 12.6 Å². The monoisotopic (exact) mass is 407 g/mol. The number of para-hydroxylation sites is 2. The molecule has 0 spiro atoms. The summed E-state index contributed by atoms with van der Waals surface area (Å²) < 4.78 is 48.1. The zero-order chi connectivity index (χ0) is 20.1. The van der Waals surface area contributed by atoms with E-state index >= 15 is 0 Å². The fourth-order valence-electron chi connectivity index (χ4n) is 3.23. The molecule has 0 N–H and O–H groups in total. The van der Waals surface area contributed by atoms with Crippen LogP contribution in [0.25, 0.3) is 0 Å². The number of ether oxygens (including phenoxy) is 2. The minimum Gasteiger partial charge on any atom is -0.493 e. The summed E-state index contributed by atoms with van der Waals surface area (Å²) in [5.41, 5.74) is 0.593. The quantitative estimate of drug-likeness (QED) is 0.705. The van der Waals surface area contributed by atoms with Gasteiger partial charge in [-0.25, -0.2) is 12.8 Å². The predicted molar refractivity (Wildman–Crippen MR) is 102 cm³/mol. The molecule has 0 aliphatic carbocycles. The largest absolute Gasteiger partial charge is 0.493 e. The first-order valence-electron chi connectivity index (χ1n) is 8.88. The lowest BCUT2D eigenvalue weighted by Crippen LogP contribution is -2.43. The third-order valence-corrected chi connectivity index (χ3v) is 6.38. The van der Waals surface area contributed by atoms with Gasteiger partial charge in [-0.05, 0) is 36.2 Å². The number of methoxy groups -OCH3 is 1. The van der Waals surface area contributed by atoms with Crippen molar-refractivity contribution in [1.82, 2.24) is 4.90 Å². The van der Waals surface area contributed by atoms with E-state index in [1.54, 1.807) is 36.4 Å². The van der Waals surface area contributed by atoms with E-state index in [1.165, 1.54) is 24.1 Å². The first-order chi connectivity index (χ1) is 13.4. The lowest BCUT2D eigenvalue weighted by Gasteiger charge is -2.28. The van der Waals surface area contributed by atoms with E-state index in [1.807, 2.05) is 0 Å². The molecule has 1 atom stereocenters. The summed E-state index contributed by atoms with van der Waals surface area (Å²) in [5, 5.41) is 0. The molecule has 0 bridgehead atoms. The second-order valence-corrected chi connectivity index (χ2v) is 8.88. The second kappa shape index (κ2) is 8.60. The summed E-state index contributed by atoms with van der Waals surface area (Å²) in [6.45, 7) is -0.154. The molecule has 1 saturated heterocycles. The van der Waals surface area contributed by atoms with Crippen LogP contribution in [0.5, 0.6) is 11.5 Å². The molecule has 1 aliphatic rings. The SMILES string of the molecule is COc1ccccc1OCC(=O)N(Cc1cccc(F)c1)C1CCS(=O)(=O)C1. The van der Waals surface area contributed by atoms with Crippen LogP contribution in [0.2, 0.25) is 0 Å². The van der Waals surface area contributed by atoms with E-state index in [0.717, 1.165) is 0 Å². The fraction of sp³-hybridized carbons (Fsp3) is 0.350. The van der Waals surface area contributed by atoms with Crippen molar-refractivity contribution < 1.29 is 27.1 Å². The Hall–Kier alpha value is -2.61. The van der Waals surface area contributed by atoms with E-state index in [9.17, 15) is 17.6 Å². The van der Waals surface area contributed by atoms with Crippen LogP contribution in [-0.4, -0.2) is 50.5 Å². The van der Waals surface area contributed by atoms with Gasteiger partial charge in [0.05, 0.1) is 18.6 Å². The molecular weight excluding hydrogens is 385 g/mol. The van der Waals surface area contributed by atoms with Gasteiger partial charge >= 0.3 is 0 Å². The van der Waals surface area contributed by atoms with Crippen LogP contribution in [-0.2, 0) is 21.2 Å². The Labute approximate surface area is 163 Å². The summed E-state index contributed by atoms with van der Waals surface area (Å²) >= 11 is 0. The number of hydrogen-bond acceptors (Lipinski definition) is 5. The Kier molecular flexibility index (Phi) is 6.18. The normalized spacial score (nSPS) is 17.9. The van der Waals surface area contributed by atoms with Gasteiger partial charge < -0.3 is 14.4 Å². The van der Waals surface area contributed by atoms with Crippen molar-refractivity contribution in [2.24, 2.45) is 0 Å². The Morgan fingerprint density at radius 2 is 1.93 bits per heavy atom. The number of sulfone groups is 1. The molecule has 150 valence electrons. The molecule has 1 unspecified atom stereocenters. The molecule has 0 radical (unpaired) electrons. The molecular formula is C20H22FNO5S. The van der Waals surface area contributed by atoms with E-state index in [-0.39, 0.29) is 30.6 Å².